The molecular formula is C23H28FN3O3. The van der Waals surface area contributed by atoms with E-state index in [4.69, 9.17) is 4.52 Å². The molecule has 160 valence electrons. The van der Waals surface area contributed by atoms with Crippen LogP contribution in [0.1, 0.15) is 61.5 Å². The van der Waals surface area contributed by atoms with E-state index in [0.717, 1.165) is 50.0 Å². The van der Waals surface area contributed by atoms with Gasteiger partial charge in [0.1, 0.15) is 11.6 Å². The van der Waals surface area contributed by atoms with Crippen molar-refractivity contribution in [2.24, 2.45) is 0 Å². The monoisotopic (exact) mass is 413 g/mol. The van der Waals surface area contributed by atoms with Gasteiger partial charge in [0.2, 0.25) is 0 Å². The smallest absolute Gasteiger partial charge is 0.311 e. The quantitative estimate of drug-likeness (QED) is 0.779. The van der Waals surface area contributed by atoms with Crippen molar-refractivity contribution in [3.05, 3.63) is 53.2 Å². The third kappa shape index (κ3) is 4.11. The molecule has 0 radical (unpaired) electrons. The van der Waals surface area contributed by atoms with Crippen LogP contribution in [-0.4, -0.2) is 41.5 Å². The largest absolute Gasteiger partial charge is 0.361 e. The molecular weight excluding hydrogens is 385 g/mol. The molecule has 1 saturated carbocycles. The number of benzene rings is 1. The molecule has 2 fully saturated rings. The van der Waals surface area contributed by atoms with Crippen LogP contribution in [0.25, 0.3) is 0 Å². The molecule has 2 amide bonds. The Hall–Kier alpha value is -2.70. The minimum Gasteiger partial charge on any atom is -0.361 e. The molecule has 1 aromatic carbocycles. The van der Waals surface area contributed by atoms with E-state index in [1.54, 1.807) is 17.0 Å². The predicted molar refractivity (Wildman–Crippen MR) is 109 cm³/mol. The maximum Gasteiger partial charge on any atom is 0.311 e. The summed E-state index contributed by atoms with van der Waals surface area (Å²) >= 11 is 0. The van der Waals surface area contributed by atoms with Crippen molar-refractivity contribution in [3.8, 4) is 0 Å². The number of piperidine rings is 1. The maximum absolute atomic E-state index is 14.4. The van der Waals surface area contributed by atoms with Crippen molar-refractivity contribution in [2.75, 3.05) is 19.6 Å². The Bertz CT molecular complexity index is 912. The molecule has 30 heavy (non-hydrogen) atoms. The summed E-state index contributed by atoms with van der Waals surface area (Å²) in [6, 6.07) is 8.69. The molecule has 1 N–H and O–H groups in total. The van der Waals surface area contributed by atoms with E-state index in [0.29, 0.717) is 18.7 Å². The van der Waals surface area contributed by atoms with Crippen LogP contribution in [0.5, 0.6) is 0 Å². The number of nitrogens with zero attached hydrogens (tertiary/aromatic N) is 2. The number of hydrogen-bond acceptors (Lipinski definition) is 4. The second-order valence-corrected chi connectivity index (χ2v) is 8.59. The summed E-state index contributed by atoms with van der Waals surface area (Å²) in [5.41, 5.74) is 1.05. The van der Waals surface area contributed by atoms with E-state index in [1.807, 2.05) is 19.1 Å². The van der Waals surface area contributed by atoms with Gasteiger partial charge in [-0.1, -0.05) is 36.2 Å². The molecule has 1 saturated heterocycles. The van der Waals surface area contributed by atoms with Crippen molar-refractivity contribution in [3.63, 3.8) is 0 Å². The average Bonchev–Trinajstić information content (AvgIpc) is 3.42. The number of halogens is 1. The summed E-state index contributed by atoms with van der Waals surface area (Å²) in [5, 5.41) is 6.74. The Labute approximate surface area is 175 Å². The second kappa shape index (κ2) is 8.58. The Morgan fingerprint density at radius 2 is 1.93 bits per heavy atom. The Morgan fingerprint density at radius 3 is 2.57 bits per heavy atom. The van der Waals surface area contributed by atoms with Gasteiger partial charge >= 0.3 is 11.8 Å². The van der Waals surface area contributed by atoms with Crippen molar-refractivity contribution < 1.29 is 18.5 Å². The first-order valence-electron chi connectivity index (χ1n) is 10.7. The molecule has 2 heterocycles. The maximum atomic E-state index is 14.4. The number of aromatic nitrogens is 1. The minimum atomic E-state index is -0.605. The number of nitrogens with one attached hydrogen (secondary N) is 1. The normalized spacial score (nSPS) is 19.1. The third-order valence-corrected chi connectivity index (χ3v) is 6.62. The highest BCUT2D eigenvalue weighted by Gasteiger charge is 2.39. The summed E-state index contributed by atoms with van der Waals surface area (Å²) in [5.74, 6) is -0.293. The molecule has 2 aliphatic rings. The first kappa shape index (κ1) is 20.6. The predicted octanol–water partition coefficient (Wildman–Crippen LogP) is 3.46. The van der Waals surface area contributed by atoms with Crippen LogP contribution >= 0.6 is 0 Å². The summed E-state index contributed by atoms with van der Waals surface area (Å²) in [6.45, 7) is 3.19. The van der Waals surface area contributed by atoms with E-state index in [2.05, 4.69) is 10.5 Å². The summed E-state index contributed by atoms with van der Waals surface area (Å²) in [4.78, 5) is 26.8. The lowest BCUT2D eigenvalue weighted by molar-refractivity contribution is -0.146. The fourth-order valence-corrected chi connectivity index (χ4v) is 4.90. The zero-order chi connectivity index (χ0) is 21.1. The zero-order valence-corrected chi connectivity index (χ0v) is 17.3. The second-order valence-electron chi connectivity index (χ2n) is 8.59. The van der Waals surface area contributed by atoms with Crippen molar-refractivity contribution in [2.45, 2.75) is 56.8 Å². The van der Waals surface area contributed by atoms with Gasteiger partial charge in [0.15, 0.2) is 0 Å². The van der Waals surface area contributed by atoms with Crippen LogP contribution in [-0.2, 0) is 15.0 Å². The molecule has 6 nitrogen and oxygen atoms in total. The molecule has 1 aliphatic carbocycles. The highest BCUT2D eigenvalue weighted by atomic mass is 19.1. The van der Waals surface area contributed by atoms with Crippen LogP contribution in [0.2, 0.25) is 0 Å². The van der Waals surface area contributed by atoms with Crippen LogP contribution in [0.3, 0.4) is 0 Å². The van der Waals surface area contributed by atoms with Gasteiger partial charge in [-0.2, -0.15) is 0 Å². The fraction of sp³-hybridized carbons (Fsp3) is 0.522. The first-order chi connectivity index (χ1) is 14.5. The van der Waals surface area contributed by atoms with Gasteiger partial charge in [0.05, 0.1) is 5.69 Å². The standard InChI is InChI=1S/C23H28FN3O3/c1-16-14-20(30-26-16)17-8-12-27(13-9-17)22(29)21(28)25-15-23(10-4-5-11-23)18-6-2-3-7-19(18)24/h2-3,6-7,14,17H,4-5,8-13,15H2,1H3,(H,25,28). The lowest BCUT2D eigenvalue weighted by Gasteiger charge is -2.32. The highest BCUT2D eigenvalue weighted by molar-refractivity contribution is 6.35. The van der Waals surface area contributed by atoms with E-state index < -0.39 is 17.2 Å². The van der Waals surface area contributed by atoms with Gasteiger partial charge in [-0.25, -0.2) is 4.39 Å². The molecule has 0 unspecified atom stereocenters. The van der Waals surface area contributed by atoms with Gasteiger partial charge in [0, 0.05) is 37.0 Å². The number of aryl methyl sites for hydroxylation is 1. The Kier molecular flexibility index (Phi) is 5.88. The fourth-order valence-electron chi connectivity index (χ4n) is 4.90. The third-order valence-electron chi connectivity index (χ3n) is 6.62. The van der Waals surface area contributed by atoms with Crippen LogP contribution in [0, 0.1) is 12.7 Å². The lowest BCUT2D eigenvalue weighted by atomic mass is 9.78. The Morgan fingerprint density at radius 1 is 1.23 bits per heavy atom. The van der Waals surface area contributed by atoms with Gasteiger partial charge in [-0.05, 0) is 44.2 Å². The summed E-state index contributed by atoms with van der Waals surface area (Å²) in [7, 11) is 0. The van der Waals surface area contributed by atoms with Gasteiger partial charge < -0.3 is 14.7 Å². The number of hydrogen-bond donors (Lipinski definition) is 1. The summed E-state index contributed by atoms with van der Waals surface area (Å²) < 4.78 is 19.8. The van der Waals surface area contributed by atoms with Crippen molar-refractivity contribution >= 4 is 11.8 Å². The topological polar surface area (TPSA) is 75.4 Å². The van der Waals surface area contributed by atoms with Crippen molar-refractivity contribution in [1.29, 1.82) is 0 Å². The minimum absolute atomic E-state index is 0.223. The van der Waals surface area contributed by atoms with Crippen LogP contribution in [0.15, 0.2) is 34.9 Å². The van der Waals surface area contributed by atoms with Gasteiger partial charge in [-0.15, -0.1) is 0 Å². The summed E-state index contributed by atoms with van der Waals surface area (Å²) in [6.07, 6.45) is 5.09. The lowest BCUT2D eigenvalue weighted by Crippen LogP contribution is -2.49. The van der Waals surface area contributed by atoms with Crippen molar-refractivity contribution in [1.82, 2.24) is 15.4 Å². The highest BCUT2D eigenvalue weighted by Crippen LogP contribution is 2.41. The molecule has 0 atom stereocenters. The SMILES string of the molecule is Cc1cc(C2CCN(C(=O)C(=O)NCC3(c4ccccc4F)CCCC3)CC2)on1. The van der Waals surface area contributed by atoms with Crippen LogP contribution in [0.4, 0.5) is 4.39 Å². The molecule has 0 bridgehead atoms. The van der Waals surface area contributed by atoms with Gasteiger partial charge in [-0.3, -0.25) is 9.59 Å². The molecule has 1 aliphatic heterocycles. The van der Waals surface area contributed by atoms with E-state index in [1.165, 1.54) is 6.07 Å². The molecule has 7 heteroatoms. The zero-order valence-electron chi connectivity index (χ0n) is 17.3. The molecule has 1 aromatic heterocycles. The van der Waals surface area contributed by atoms with Crippen LogP contribution < -0.4 is 5.32 Å². The van der Waals surface area contributed by atoms with E-state index >= 15 is 0 Å². The Balaban J connectivity index is 1.34. The van der Waals surface area contributed by atoms with E-state index in [-0.39, 0.29) is 18.3 Å². The number of likely N-dealkylation sites (tertiary alicyclic amines) is 1. The number of rotatable bonds is 4. The number of carbonyl (C=O) groups is 2. The molecule has 4 rings (SSSR count). The average molecular weight is 413 g/mol. The van der Waals surface area contributed by atoms with E-state index in [9.17, 15) is 14.0 Å². The number of carbonyl (C=O) groups excluding carboxylic acids is 2. The molecule has 2 aromatic rings. The molecule has 0 spiro atoms. The number of amides is 2. The first-order valence-corrected chi connectivity index (χ1v) is 10.7. The van der Waals surface area contributed by atoms with Gasteiger partial charge in [0.25, 0.3) is 0 Å².